The number of nitrogens with one attached hydrogen (secondary N) is 2. The van der Waals surface area contributed by atoms with E-state index in [1.54, 1.807) is 0 Å². The van der Waals surface area contributed by atoms with Gasteiger partial charge in [0.05, 0.1) is 6.54 Å². The normalized spacial score (nSPS) is 19.9. The molecule has 0 saturated carbocycles. The van der Waals surface area contributed by atoms with Gasteiger partial charge >= 0.3 is 0 Å². The molecule has 0 fully saturated rings. The predicted molar refractivity (Wildman–Crippen MR) is 74.3 cm³/mol. The van der Waals surface area contributed by atoms with E-state index in [0.717, 1.165) is 5.56 Å². The van der Waals surface area contributed by atoms with Gasteiger partial charge in [-0.1, -0.05) is 29.8 Å². The van der Waals surface area contributed by atoms with Crippen molar-refractivity contribution in [1.82, 2.24) is 10.6 Å². The molecule has 0 aliphatic carbocycles. The lowest BCUT2D eigenvalue weighted by molar-refractivity contribution is 0.467. The first-order chi connectivity index (χ1) is 8.44. The second kappa shape index (κ2) is 4.68. The third-order valence-corrected chi connectivity index (χ3v) is 2.61. The number of aliphatic imine (C=N–C) groups is 2. The molecule has 0 saturated heterocycles. The summed E-state index contributed by atoms with van der Waals surface area (Å²) in [7, 11) is 0. The van der Waals surface area contributed by atoms with E-state index in [9.17, 15) is 0 Å². The predicted octanol–water partition coefficient (Wildman–Crippen LogP) is 1.09. The third kappa shape index (κ3) is 3.23. The first-order valence-corrected chi connectivity index (χ1v) is 5.95. The van der Waals surface area contributed by atoms with Crippen LogP contribution in [0.3, 0.4) is 0 Å². The van der Waals surface area contributed by atoms with Gasteiger partial charge in [0.1, 0.15) is 5.66 Å². The van der Waals surface area contributed by atoms with E-state index in [-0.39, 0.29) is 0 Å². The van der Waals surface area contributed by atoms with Crippen molar-refractivity contribution in [3.63, 3.8) is 0 Å². The number of nitrogens with zero attached hydrogens (tertiary/aromatic N) is 2. The molecule has 0 bridgehead atoms. The van der Waals surface area contributed by atoms with Gasteiger partial charge in [-0.25, -0.2) is 9.98 Å². The first-order valence-electron chi connectivity index (χ1n) is 5.95. The summed E-state index contributed by atoms with van der Waals surface area (Å²) in [5, 5.41) is 6.10. The molecule has 4 N–H and O–H groups in total. The van der Waals surface area contributed by atoms with Crippen molar-refractivity contribution in [2.45, 2.75) is 33.0 Å². The Morgan fingerprint density at radius 1 is 1.28 bits per heavy atom. The summed E-state index contributed by atoms with van der Waals surface area (Å²) >= 11 is 0. The van der Waals surface area contributed by atoms with Gasteiger partial charge in [0.25, 0.3) is 0 Å². The molecule has 0 radical (unpaired) electrons. The molecule has 1 aromatic carbocycles. The second-order valence-corrected chi connectivity index (χ2v) is 4.96. The molecular weight excluding hydrogens is 226 g/mol. The van der Waals surface area contributed by atoms with Crippen LogP contribution in [0, 0.1) is 6.92 Å². The van der Waals surface area contributed by atoms with Gasteiger partial charge in [-0.15, -0.1) is 0 Å². The maximum atomic E-state index is 5.71. The molecule has 0 amide bonds. The zero-order valence-electron chi connectivity index (χ0n) is 11.0. The van der Waals surface area contributed by atoms with E-state index in [1.807, 2.05) is 13.8 Å². The van der Waals surface area contributed by atoms with Crippen LogP contribution in [0.15, 0.2) is 34.3 Å². The Kier molecular flexibility index (Phi) is 3.23. The fraction of sp³-hybridized carbons (Fsp3) is 0.385. The van der Waals surface area contributed by atoms with Crippen LogP contribution >= 0.6 is 0 Å². The van der Waals surface area contributed by atoms with Crippen LogP contribution in [0.2, 0.25) is 0 Å². The smallest absolute Gasteiger partial charge is 0.200 e. The maximum Gasteiger partial charge on any atom is 0.200 e. The highest BCUT2D eigenvalue weighted by Crippen LogP contribution is 2.08. The largest absolute Gasteiger partial charge is 0.370 e. The zero-order valence-corrected chi connectivity index (χ0v) is 11.0. The molecule has 1 aliphatic rings. The van der Waals surface area contributed by atoms with E-state index < -0.39 is 5.66 Å². The maximum absolute atomic E-state index is 5.71. The van der Waals surface area contributed by atoms with Crippen LogP contribution in [-0.4, -0.2) is 17.6 Å². The Labute approximate surface area is 107 Å². The van der Waals surface area contributed by atoms with Crippen molar-refractivity contribution in [1.29, 1.82) is 0 Å². The minimum Gasteiger partial charge on any atom is -0.370 e. The molecule has 5 nitrogen and oxygen atoms in total. The zero-order chi connectivity index (χ0) is 13.2. The van der Waals surface area contributed by atoms with Crippen LogP contribution in [-0.2, 0) is 6.54 Å². The molecule has 1 heterocycles. The van der Waals surface area contributed by atoms with Crippen molar-refractivity contribution in [2.24, 2.45) is 15.7 Å². The summed E-state index contributed by atoms with van der Waals surface area (Å²) in [5.74, 6) is 1.05. The van der Waals surface area contributed by atoms with E-state index in [2.05, 4.69) is 51.8 Å². The lowest BCUT2D eigenvalue weighted by atomic mass is 10.1. The van der Waals surface area contributed by atoms with Crippen LogP contribution in [0.25, 0.3) is 0 Å². The van der Waals surface area contributed by atoms with E-state index in [1.165, 1.54) is 5.56 Å². The Bertz CT molecular complexity index is 485. The molecule has 96 valence electrons. The van der Waals surface area contributed by atoms with Gasteiger partial charge in [0, 0.05) is 0 Å². The standard InChI is InChI=1S/C13H19N5/c1-9-4-6-10(7-5-9)8-15-12-16-11(14)17-13(2,3)18-12/h4-7H,8H2,1-3H3,(H4,14,15,16,17,18). The molecule has 2 rings (SSSR count). The lowest BCUT2D eigenvalue weighted by Crippen LogP contribution is -2.57. The highest BCUT2D eigenvalue weighted by molar-refractivity contribution is 6.00. The average molecular weight is 245 g/mol. The van der Waals surface area contributed by atoms with Crippen molar-refractivity contribution < 1.29 is 0 Å². The highest BCUT2D eigenvalue weighted by Gasteiger charge is 2.23. The Morgan fingerprint density at radius 3 is 2.56 bits per heavy atom. The number of guanidine groups is 2. The van der Waals surface area contributed by atoms with Crippen molar-refractivity contribution in [2.75, 3.05) is 0 Å². The minimum atomic E-state index is -0.415. The van der Waals surface area contributed by atoms with Crippen LogP contribution in [0.5, 0.6) is 0 Å². The molecule has 0 atom stereocenters. The highest BCUT2D eigenvalue weighted by atomic mass is 15.4. The Hall–Kier alpha value is -2.04. The van der Waals surface area contributed by atoms with Gasteiger partial charge in [0.2, 0.25) is 0 Å². The van der Waals surface area contributed by atoms with Crippen molar-refractivity contribution >= 4 is 11.9 Å². The molecular formula is C13H19N5. The number of benzene rings is 1. The number of hydrogen-bond acceptors (Lipinski definition) is 3. The van der Waals surface area contributed by atoms with Gasteiger partial charge in [-0.2, -0.15) is 0 Å². The van der Waals surface area contributed by atoms with Crippen LogP contribution in [0.1, 0.15) is 25.0 Å². The van der Waals surface area contributed by atoms with Gasteiger partial charge in [-0.3, -0.25) is 5.32 Å². The van der Waals surface area contributed by atoms with Crippen LogP contribution in [0.4, 0.5) is 0 Å². The molecule has 5 heteroatoms. The summed E-state index contributed by atoms with van der Waals surface area (Å²) in [6.07, 6.45) is 0. The molecule has 1 aromatic rings. The topological polar surface area (TPSA) is 74.8 Å². The van der Waals surface area contributed by atoms with Gasteiger partial charge < -0.3 is 11.1 Å². The molecule has 0 spiro atoms. The third-order valence-electron chi connectivity index (χ3n) is 2.61. The number of hydrogen-bond donors (Lipinski definition) is 3. The number of rotatable bonds is 2. The van der Waals surface area contributed by atoms with Crippen molar-refractivity contribution in [3.8, 4) is 0 Å². The minimum absolute atomic E-state index is 0.390. The van der Waals surface area contributed by atoms with Gasteiger partial charge in [0.15, 0.2) is 11.9 Å². The van der Waals surface area contributed by atoms with E-state index in [4.69, 9.17) is 5.73 Å². The Balaban J connectivity index is 2.06. The van der Waals surface area contributed by atoms with E-state index in [0.29, 0.717) is 18.5 Å². The lowest BCUT2D eigenvalue weighted by Gasteiger charge is -2.29. The molecule has 18 heavy (non-hydrogen) atoms. The summed E-state index contributed by atoms with van der Waals surface area (Å²) in [4.78, 5) is 8.69. The van der Waals surface area contributed by atoms with Crippen LogP contribution < -0.4 is 16.4 Å². The second-order valence-electron chi connectivity index (χ2n) is 4.96. The summed E-state index contributed by atoms with van der Waals surface area (Å²) in [6, 6.07) is 8.31. The van der Waals surface area contributed by atoms with Crippen molar-refractivity contribution in [3.05, 3.63) is 35.4 Å². The molecule has 0 unspecified atom stereocenters. The quantitative estimate of drug-likeness (QED) is 0.730. The summed E-state index contributed by atoms with van der Waals surface area (Å²) in [5.41, 5.74) is 7.70. The molecule has 0 aromatic heterocycles. The number of aryl methyl sites for hydroxylation is 1. The van der Waals surface area contributed by atoms with E-state index >= 15 is 0 Å². The SMILES string of the molecule is Cc1ccc(CN=C2NC(N)=NC(C)(C)N2)cc1. The number of nitrogens with two attached hydrogens (primary N) is 1. The summed E-state index contributed by atoms with van der Waals surface area (Å²) in [6.45, 7) is 6.57. The fourth-order valence-electron chi connectivity index (χ4n) is 1.74. The van der Waals surface area contributed by atoms with Gasteiger partial charge in [-0.05, 0) is 26.3 Å². The molecule has 1 aliphatic heterocycles. The average Bonchev–Trinajstić information content (AvgIpc) is 2.25. The Morgan fingerprint density at radius 2 is 1.94 bits per heavy atom. The fourth-order valence-corrected chi connectivity index (χ4v) is 1.74. The summed E-state index contributed by atoms with van der Waals surface area (Å²) < 4.78 is 0. The first kappa shape index (κ1) is 12.4. The monoisotopic (exact) mass is 245 g/mol.